The molecule has 3 heteroatoms. The number of nitrogens with one attached hydrogen (secondary N) is 1. The van der Waals surface area contributed by atoms with Gasteiger partial charge in [0.05, 0.1) is 0 Å². The summed E-state index contributed by atoms with van der Waals surface area (Å²) in [6.45, 7) is 13.5. The van der Waals surface area contributed by atoms with Gasteiger partial charge in [-0.3, -0.25) is 4.90 Å². The van der Waals surface area contributed by atoms with Crippen molar-refractivity contribution in [2.45, 2.75) is 20.8 Å². The minimum absolute atomic E-state index is 1.04. The fourth-order valence-corrected chi connectivity index (χ4v) is 2.87. The molecule has 19 heavy (non-hydrogen) atoms. The molecular formula is C16H27N3. The van der Waals surface area contributed by atoms with Crippen molar-refractivity contribution in [2.75, 3.05) is 51.6 Å². The first kappa shape index (κ1) is 14.4. The maximum absolute atomic E-state index is 3.61. The van der Waals surface area contributed by atoms with Crippen LogP contribution in [0.4, 0.5) is 5.69 Å². The Morgan fingerprint density at radius 1 is 1.00 bits per heavy atom. The molecular weight excluding hydrogens is 234 g/mol. The SMILES string of the molecule is Cc1cc(C)c(NCCN2CCN(C)CC2)c(C)c1. The number of aryl methyl sites for hydroxylation is 3. The molecule has 0 spiro atoms. The molecule has 1 N–H and O–H groups in total. The Hall–Kier alpha value is -1.06. The summed E-state index contributed by atoms with van der Waals surface area (Å²) < 4.78 is 0. The first-order valence-corrected chi connectivity index (χ1v) is 7.29. The van der Waals surface area contributed by atoms with Crippen LogP contribution in [0.15, 0.2) is 12.1 Å². The third-order valence-electron chi connectivity index (χ3n) is 4.00. The highest BCUT2D eigenvalue weighted by Crippen LogP contribution is 2.21. The second kappa shape index (κ2) is 6.40. The van der Waals surface area contributed by atoms with Crippen molar-refractivity contribution in [3.63, 3.8) is 0 Å². The highest BCUT2D eigenvalue weighted by Gasteiger charge is 2.13. The highest BCUT2D eigenvalue weighted by atomic mass is 15.2. The molecule has 0 bridgehead atoms. The average Bonchev–Trinajstić information content (AvgIpc) is 2.34. The first-order chi connectivity index (χ1) is 9.06. The number of benzene rings is 1. The number of piperazine rings is 1. The summed E-state index contributed by atoms with van der Waals surface area (Å²) in [7, 11) is 2.20. The van der Waals surface area contributed by atoms with E-state index in [2.05, 4.69) is 55.1 Å². The predicted molar refractivity (Wildman–Crippen MR) is 83.1 cm³/mol. The Morgan fingerprint density at radius 3 is 2.16 bits per heavy atom. The summed E-state index contributed by atoms with van der Waals surface area (Å²) in [5.74, 6) is 0. The maximum atomic E-state index is 3.61. The van der Waals surface area contributed by atoms with E-state index in [4.69, 9.17) is 0 Å². The molecule has 0 atom stereocenters. The molecule has 106 valence electrons. The van der Waals surface area contributed by atoms with Gasteiger partial charge in [-0.15, -0.1) is 0 Å². The van der Waals surface area contributed by atoms with Gasteiger partial charge in [-0.05, 0) is 38.9 Å². The van der Waals surface area contributed by atoms with E-state index < -0.39 is 0 Å². The molecule has 1 saturated heterocycles. The Kier molecular flexibility index (Phi) is 4.83. The fraction of sp³-hybridized carbons (Fsp3) is 0.625. The largest absolute Gasteiger partial charge is 0.383 e. The molecule has 0 saturated carbocycles. The smallest absolute Gasteiger partial charge is 0.0400 e. The zero-order valence-electron chi connectivity index (χ0n) is 12.8. The molecule has 0 unspecified atom stereocenters. The van der Waals surface area contributed by atoms with Crippen molar-refractivity contribution >= 4 is 5.69 Å². The summed E-state index contributed by atoms with van der Waals surface area (Å²) in [5, 5.41) is 3.61. The van der Waals surface area contributed by atoms with Crippen LogP contribution in [-0.2, 0) is 0 Å². The van der Waals surface area contributed by atoms with Crippen LogP contribution in [0.25, 0.3) is 0 Å². The van der Waals surface area contributed by atoms with Crippen LogP contribution in [0.1, 0.15) is 16.7 Å². The molecule has 2 rings (SSSR count). The molecule has 0 amide bonds. The lowest BCUT2D eigenvalue weighted by atomic mass is 10.1. The summed E-state index contributed by atoms with van der Waals surface area (Å²) in [4.78, 5) is 4.95. The second-order valence-corrected chi connectivity index (χ2v) is 5.85. The molecule has 0 aliphatic carbocycles. The van der Waals surface area contributed by atoms with Gasteiger partial charge in [0.25, 0.3) is 0 Å². The van der Waals surface area contributed by atoms with Gasteiger partial charge in [-0.2, -0.15) is 0 Å². The van der Waals surface area contributed by atoms with Crippen LogP contribution < -0.4 is 5.32 Å². The quantitative estimate of drug-likeness (QED) is 0.897. The van der Waals surface area contributed by atoms with Crippen LogP contribution in [0.5, 0.6) is 0 Å². The Balaban J connectivity index is 1.83. The molecule has 1 aliphatic rings. The van der Waals surface area contributed by atoms with Gasteiger partial charge in [-0.1, -0.05) is 17.7 Å². The van der Waals surface area contributed by atoms with E-state index in [9.17, 15) is 0 Å². The third-order valence-corrected chi connectivity index (χ3v) is 4.00. The van der Waals surface area contributed by atoms with E-state index in [0.29, 0.717) is 0 Å². The average molecular weight is 261 g/mol. The van der Waals surface area contributed by atoms with Crippen LogP contribution >= 0.6 is 0 Å². The van der Waals surface area contributed by atoms with Crippen LogP contribution in [0.2, 0.25) is 0 Å². The molecule has 1 aromatic carbocycles. The first-order valence-electron chi connectivity index (χ1n) is 7.29. The molecule has 1 aromatic rings. The van der Waals surface area contributed by atoms with Crippen molar-refractivity contribution in [3.05, 3.63) is 28.8 Å². The van der Waals surface area contributed by atoms with Crippen molar-refractivity contribution < 1.29 is 0 Å². The molecule has 0 aromatic heterocycles. The summed E-state index contributed by atoms with van der Waals surface area (Å²) >= 11 is 0. The van der Waals surface area contributed by atoms with E-state index in [-0.39, 0.29) is 0 Å². The minimum atomic E-state index is 1.04. The molecule has 0 radical (unpaired) electrons. The maximum Gasteiger partial charge on any atom is 0.0400 e. The fourth-order valence-electron chi connectivity index (χ4n) is 2.87. The predicted octanol–water partition coefficient (Wildman–Crippen LogP) is 2.27. The number of likely N-dealkylation sites (N-methyl/N-ethyl adjacent to an activating group) is 1. The highest BCUT2D eigenvalue weighted by molar-refractivity contribution is 5.58. The Bertz CT molecular complexity index is 397. The normalized spacial score (nSPS) is 17.7. The standard InChI is InChI=1S/C16H27N3/c1-13-11-14(2)16(15(3)12-13)17-5-6-19-9-7-18(4)8-10-19/h11-12,17H,5-10H2,1-4H3. The van der Waals surface area contributed by atoms with E-state index in [1.165, 1.54) is 48.6 Å². The van der Waals surface area contributed by atoms with Gasteiger partial charge in [0, 0.05) is 45.0 Å². The van der Waals surface area contributed by atoms with Crippen LogP contribution in [-0.4, -0.2) is 56.1 Å². The molecule has 1 fully saturated rings. The van der Waals surface area contributed by atoms with Gasteiger partial charge in [0.2, 0.25) is 0 Å². The van der Waals surface area contributed by atoms with Gasteiger partial charge < -0.3 is 10.2 Å². The molecule has 1 heterocycles. The summed E-state index contributed by atoms with van der Waals surface area (Å²) in [6.07, 6.45) is 0. The van der Waals surface area contributed by atoms with Crippen LogP contribution in [0, 0.1) is 20.8 Å². The number of nitrogens with zero attached hydrogens (tertiary/aromatic N) is 2. The second-order valence-electron chi connectivity index (χ2n) is 5.85. The van der Waals surface area contributed by atoms with E-state index >= 15 is 0 Å². The van der Waals surface area contributed by atoms with Gasteiger partial charge in [0.1, 0.15) is 0 Å². The summed E-state index contributed by atoms with van der Waals surface area (Å²) in [5.41, 5.74) is 5.38. The van der Waals surface area contributed by atoms with Crippen molar-refractivity contribution in [1.82, 2.24) is 9.80 Å². The van der Waals surface area contributed by atoms with Gasteiger partial charge >= 0.3 is 0 Å². The number of anilines is 1. The summed E-state index contributed by atoms with van der Waals surface area (Å²) in [6, 6.07) is 4.51. The van der Waals surface area contributed by atoms with E-state index in [1.54, 1.807) is 0 Å². The van der Waals surface area contributed by atoms with E-state index in [0.717, 1.165) is 13.1 Å². The number of hydrogen-bond acceptors (Lipinski definition) is 3. The van der Waals surface area contributed by atoms with E-state index in [1.807, 2.05) is 0 Å². The molecule has 1 aliphatic heterocycles. The minimum Gasteiger partial charge on any atom is -0.383 e. The third kappa shape index (κ3) is 3.95. The van der Waals surface area contributed by atoms with Crippen molar-refractivity contribution in [1.29, 1.82) is 0 Å². The lowest BCUT2D eigenvalue weighted by Gasteiger charge is -2.32. The van der Waals surface area contributed by atoms with Crippen LogP contribution in [0.3, 0.4) is 0 Å². The lowest BCUT2D eigenvalue weighted by Crippen LogP contribution is -2.45. The molecule has 3 nitrogen and oxygen atoms in total. The van der Waals surface area contributed by atoms with Gasteiger partial charge in [0.15, 0.2) is 0 Å². The van der Waals surface area contributed by atoms with Crippen molar-refractivity contribution in [2.24, 2.45) is 0 Å². The Labute approximate surface area is 117 Å². The number of rotatable bonds is 4. The lowest BCUT2D eigenvalue weighted by molar-refractivity contribution is 0.158. The monoisotopic (exact) mass is 261 g/mol. The Morgan fingerprint density at radius 2 is 1.58 bits per heavy atom. The number of hydrogen-bond donors (Lipinski definition) is 1. The topological polar surface area (TPSA) is 18.5 Å². The zero-order chi connectivity index (χ0) is 13.8. The van der Waals surface area contributed by atoms with Gasteiger partial charge in [-0.25, -0.2) is 0 Å². The zero-order valence-corrected chi connectivity index (χ0v) is 12.8. The van der Waals surface area contributed by atoms with Crippen molar-refractivity contribution in [3.8, 4) is 0 Å².